The average molecular weight is 307 g/mol. The fourth-order valence-corrected chi connectivity index (χ4v) is 2.04. The second kappa shape index (κ2) is 5.82. The summed E-state index contributed by atoms with van der Waals surface area (Å²) in [7, 11) is 1.85. The Bertz CT molecular complexity index is 542. The molecule has 2 aromatic rings. The minimum Gasteiger partial charge on any atom is -0.373 e. The molecule has 1 heterocycles. The van der Waals surface area contributed by atoms with Crippen molar-refractivity contribution >= 4 is 27.6 Å². The molecule has 0 unspecified atom stereocenters. The van der Waals surface area contributed by atoms with Crippen LogP contribution >= 0.6 is 15.9 Å². The van der Waals surface area contributed by atoms with E-state index in [0.29, 0.717) is 0 Å². The molecule has 0 radical (unpaired) electrons. The Morgan fingerprint density at radius 1 is 1.17 bits per heavy atom. The third-order valence-corrected chi connectivity index (χ3v) is 3.29. The van der Waals surface area contributed by atoms with E-state index in [0.717, 1.165) is 28.5 Å². The summed E-state index contributed by atoms with van der Waals surface area (Å²) in [5, 5.41) is 6.31. The van der Waals surface area contributed by atoms with Crippen LogP contribution in [0.15, 0.2) is 34.8 Å². The molecule has 94 valence electrons. The van der Waals surface area contributed by atoms with Gasteiger partial charge in [-0.05, 0) is 18.6 Å². The van der Waals surface area contributed by atoms with Gasteiger partial charge in [0, 0.05) is 24.1 Å². The SMILES string of the molecule is CNc1cc(NCc2ccccc2Br)nc(C)n1. The summed E-state index contributed by atoms with van der Waals surface area (Å²) < 4.78 is 1.09. The molecule has 1 aromatic heterocycles. The summed E-state index contributed by atoms with van der Waals surface area (Å²) in [4.78, 5) is 8.60. The summed E-state index contributed by atoms with van der Waals surface area (Å²) in [6.07, 6.45) is 0. The molecule has 0 aliphatic rings. The van der Waals surface area contributed by atoms with Crippen LogP contribution in [0.1, 0.15) is 11.4 Å². The van der Waals surface area contributed by atoms with Gasteiger partial charge in [-0.25, -0.2) is 9.97 Å². The first-order valence-corrected chi connectivity index (χ1v) is 6.49. The van der Waals surface area contributed by atoms with Crippen LogP contribution in [0.25, 0.3) is 0 Å². The molecule has 5 heteroatoms. The van der Waals surface area contributed by atoms with Crippen LogP contribution in [-0.2, 0) is 6.54 Å². The molecule has 0 aliphatic heterocycles. The van der Waals surface area contributed by atoms with Crippen LogP contribution < -0.4 is 10.6 Å². The molecule has 0 saturated heterocycles. The zero-order valence-electron chi connectivity index (χ0n) is 10.4. The highest BCUT2D eigenvalue weighted by Gasteiger charge is 2.02. The molecule has 0 bridgehead atoms. The number of anilines is 2. The van der Waals surface area contributed by atoms with E-state index >= 15 is 0 Å². The smallest absolute Gasteiger partial charge is 0.132 e. The number of hydrogen-bond acceptors (Lipinski definition) is 4. The van der Waals surface area contributed by atoms with Gasteiger partial charge in [-0.2, -0.15) is 0 Å². The predicted molar refractivity (Wildman–Crippen MR) is 77.8 cm³/mol. The highest BCUT2D eigenvalue weighted by atomic mass is 79.9. The van der Waals surface area contributed by atoms with Gasteiger partial charge in [0.25, 0.3) is 0 Å². The average Bonchev–Trinajstić information content (AvgIpc) is 2.37. The maximum atomic E-state index is 4.35. The molecule has 0 fully saturated rings. The molecule has 0 amide bonds. The Hall–Kier alpha value is -1.62. The monoisotopic (exact) mass is 306 g/mol. The fourth-order valence-electron chi connectivity index (χ4n) is 1.61. The topological polar surface area (TPSA) is 49.8 Å². The predicted octanol–water partition coefficient (Wildman–Crippen LogP) is 3.20. The van der Waals surface area contributed by atoms with E-state index in [9.17, 15) is 0 Å². The minimum atomic E-state index is 0.723. The van der Waals surface area contributed by atoms with E-state index < -0.39 is 0 Å². The number of halogens is 1. The van der Waals surface area contributed by atoms with Crippen LogP contribution in [0.4, 0.5) is 11.6 Å². The molecular formula is C13H15BrN4. The zero-order chi connectivity index (χ0) is 13.0. The summed E-state index contributed by atoms with van der Waals surface area (Å²) >= 11 is 3.53. The quantitative estimate of drug-likeness (QED) is 0.911. The van der Waals surface area contributed by atoms with Crippen molar-refractivity contribution in [3.05, 3.63) is 46.2 Å². The Morgan fingerprint density at radius 3 is 2.61 bits per heavy atom. The number of nitrogens with one attached hydrogen (secondary N) is 2. The van der Waals surface area contributed by atoms with Gasteiger partial charge in [-0.1, -0.05) is 34.1 Å². The lowest BCUT2D eigenvalue weighted by Gasteiger charge is -2.09. The molecule has 18 heavy (non-hydrogen) atoms. The number of aromatic nitrogens is 2. The van der Waals surface area contributed by atoms with Crippen molar-refractivity contribution in [2.75, 3.05) is 17.7 Å². The van der Waals surface area contributed by atoms with Crippen molar-refractivity contribution in [1.82, 2.24) is 9.97 Å². The van der Waals surface area contributed by atoms with Gasteiger partial charge in [0.2, 0.25) is 0 Å². The van der Waals surface area contributed by atoms with Crippen molar-refractivity contribution in [3.8, 4) is 0 Å². The lowest BCUT2D eigenvalue weighted by molar-refractivity contribution is 1.02. The van der Waals surface area contributed by atoms with Crippen LogP contribution in [0.5, 0.6) is 0 Å². The van der Waals surface area contributed by atoms with Crippen LogP contribution in [0, 0.1) is 6.92 Å². The van der Waals surface area contributed by atoms with Crippen molar-refractivity contribution in [2.24, 2.45) is 0 Å². The molecule has 0 aliphatic carbocycles. The van der Waals surface area contributed by atoms with Crippen LogP contribution in [-0.4, -0.2) is 17.0 Å². The highest BCUT2D eigenvalue weighted by molar-refractivity contribution is 9.10. The van der Waals surface area contributed by atoms with Crippen LogP contribution in [0.2, 0.25) is 0 Å². The van der Waals surface area contributed by atoms with E-state index in [2.05, 4.69) is 42.6 Å². The van der Waals surface area contributed by atoms with Gasteiger partial charge in [-0.3, -0.25) is 0 Å². The first-order valence-electron chi connectivity index (χ1n) is 5.70. The van der Waals surface area contributed by atoms with E-state index in [1.807, 2.05) is 38.2 Å². The standard InChI is InChI=1S/C13H15BrN4/c1-9-17-12(15-2)7-13(18-9)16-8-10-5-3-4-6-11(10)14/h3-7H,8H2,1-2H3,(H2,15,16,17,18). The largest absolute Gasteiger partial charge is 0.373 e. The Balaban J connectivity index is 2.11. The molecule has 0 spiro atoms. The van der Waals surface area contributed by atoms with E-state index in [4.69, 9.17) is 0 Å². The summed E-state index contributed by atoms with van der Waals surface area (Å²) in [5.74, 6) is 2.39. The third-order valence-electron chi connectivity index (χ3n) is 2.51. The third kappa shape index (κ3) is 3.20. The van der Waals surface area contributed by atoms with Gasteiger partial charge < -0.3 is 10.6 Å². The zero-order valence-corrected chi connectivity index (χ0v) is 12.0. The van der Waals surface area contributed by atoms with Crippen molar-refractivity contribution in [3.63, 3.8) is 0 Å². The first-order chi connectivity index (χ1) is 8.69. The minimum absolute atomic E-state index is 0.723. The number of nitrogens with zero attached hydrogens (tertiary/aromatic N) is 2. The van der Waals surface area contributed by atoms with Gasteiger partial charge in [0.1, 0.15) is 17.5 Å². The first kappa shape index (κ1) is 12.8. The van der Waals surface area contributed by atoms with Gasteiger partial charge in [0.15, 0.2) is 0 Å². The van der Waals surface area contributed by atoms with Crippen molar-refractivity contribution in [1.29, 1.82) is 0 Å². The molecule has 4 nitrogen and oxygen atoms in total. The maximum Gasteiger partial charge on any atom is 0.132 e. The highest BCUT2D eigenvalue weighted by Crippen LogP contribution is 2.18. The van der Waals surface area contributed by atoms with E-state index in [1.165, 1.54) is 5.56 Å². The summed E-state index contributed by atoms with van der Waals surface area (Å²) in [6, 6.07) is 10.0. The van der Waals surface area contributed by atoms with E-state index in [-0.39, 0.29) is 0 Å². The Kier molecular flexibility index (Phi) is 4.15. The molecule has 2 N–H and O–H groups in total. The summed E-state index contributed by atoms with van der Waals surface area (Å²) in [5.41, 5.74) is 1.19. The Morgan fingerprint density at radius 2 is 1.89 bits per heavy atom. The van der Waals surface area contributed by atoms with Crippen molar-refractivity contribution in [2.45, 2.75) is 13.5 Å². The van der Waals surface area contributed by atoms with Crippen LogP contribution in [0.3, 0.4) is 0 Å². The second-order valence-electron chi connectivity index (χ2n) is 3.88. The summed E-state index contributed by atoms with van der Waals surface area (Å²) in [6.45, 7) is 2.60. The fraction of sp³-hybridized carbons (Fsp3) is 0.231. The Labute approximate surface area is 115 Å². The molecule has 1 aromatic carbocycles. The number of benzene rings is 1. The molecular weight excluding hydrogens is 292 g/mol. The lowest BCUT2D eigenvalue weighted by Crippen LogP contribution is -2.05. The normalized spacial score (nSPS) is 10.2. The van der Waals surface area contributed by atoms with Gasteiger partial charge in [-0.15, -0.1) is 0 Å². The number of rotatable bonds is 4. The molecule has 2 rings (SSSR count). The van der Waals surface area contributed by atoms with Gasteiger partial charge in [0.05, 0.1) is 0 Å². The maximum absolute atomic E-state index is 4.35. The van der Waals surface area contributed by atoms with Gasteiger partial charge >= 0.3 is 0 Å². The van der Waals surface area contributed by atoms with E-state index in [1.54, 1.807) is 0 Å². The lowest BCUT2D eigenvalue weighted by atomic mass is 10.2. The second-order valence-corrected chi connectivity index (χ2v) is 4.73. The number of hydrogen-bond donors (Lipinski definition) is 2. The number of aryl methyl sites for hydroxylation is 1. The molecule has 0 saturated carbocycles. The molecule has 0 atom stereocenters. The van der Waals surface area contributed by atoms with Crippen molar-refractivity contribution < 1.29 is 0 Å².